The van der Waals surface area contributed by atoms with Crippen molar-refractivity contribution < 1.29 is 0 Å². The maximum absolute atomic E-state index is 3.91. The zero-order chi connectivity index (χ0) is 11.9. The number of hydrogen-bond acceptors (Lipinski definition) is 3. The van der Waals surface area contributed by atoms with E-state index < -0.39 is 0 Å². The van der Waals surface area contributed by atoms with Gasteiger partial charge in [0, 0.05) is 25.2 Å². The molecule has 0 spiro atoms. The molecule has 2 aliphatic heterocycles. The van der Waals surface area contributed by atoms with Gasteiger partial charge in [0.2, 0.25) is 0 Å². The summed E-state index contributed by atoms with van der Waals surface area (Å²) in [7, 11) is 0. The molecule has 3 heteroatoms. The largest absolute Gasteiger partial charge is 0.286 e. The van der Waals surface area contributed by atoms with Crippen LogP contribution in [0.25, 0.3) is 0 Å². The molecule has 102 valence electrons. The van der Waals surface area contributed by atoms with Crippen LogP contribution < -0.4 is 10.6 Å². The highest BCUT2D eigenvalue weighted by molar-refractivity contribution is 4.97. The van der Waals surface area contributed by atoms with E-state index in [0.717, 1.165) is 23.9 Å². The van der Waals surface area contributed by atoms with Gasteiger partial charge in [-0.25, -0.2) is 0 Å². The molecule has 0 bridgehead atoms. The average Bonchev–Trinajstić information content (AvgIpc) is 2.42. The maximum Gasteiger partial charge on any atom is 0.114 e. The lowest BCUT2D eigenvalue weighted by molar-refractivity contribution is -0.0381. The van der Waals surface area contributed by atoms with E-state index in [9.17, 15) is 0 Å². The Balaban J connectivity index is 1.46. The van der Waals surface area contributed by atoms with Gasteiger partial charge in [-0.2, -0.15) is 0 Å². The van der Waals surface area contributed by atoms with E-state index in [-0.39, 0.29) is 0 Å². The summed E-state index contributed by atoms with van der Waals surface area (Å²) in [6.45, 7) is 2.69. The van der Waals surface area contributed by atoms with Crippen LogP contribution in [0.1, 0.15) is 51.4 Å². The lowest BCUT2D eigenvalue weighted by Gasteiger charge is -2.54. The van der Waals surface area contributed by atoms with Gasteiger partial charge in [0.1, 0.15) is 6.29 Å². The van der Waals surface area contributed by atoms with Crippen LogP contribution in [-0.2, 0) is 0 Å². The highest BCUT2D eigenvalue weighted by Gasteiger charge is 2.42. The summed E-state index contributed by atoms with van der Waals surface area (Å²) in [5.41, 5.74) is 0. The molecule has 2 N–H and O–H groups in total. The SMILES string of the molecule is C1CCC2NC3NC4CCCCC4CN3CC2C1. The summed E-state index contributed by atoms with van der Waals surface area (Å²) in [6.07, 6.45) is 12.0. The first-order valence-corrected chi connectivity index (χ1v) is 8.16. The molecule has 0 amide bonds. The van der Waals surface area contributed by atoms with Crippen molar-refractivity contribution in [1.29, 1.82) is 0 Å². The summed E-state index contributed by atoms with van der Waals surface area (Å²) >= 11 is 0. The maximum atomic E-state index is 3.91. The number of hydrogen-bond donors (Lipinski definition) is 2. The van der Waals surface area contributed by atoms with Crippen LogP contribution in [0.5, 0.6) is 0 Å². The van der Waals surface area contributed by atoms with Crippen molar-refractivity contribution in [3.8, 4) is 0 Å². The molecule has 4 aliphatic rings. The fourth-order valence-corrected chi connectivity index (χ4v) is 4.84. The molecule has 0 aromatic rings. The third kappa shape index (κ3) is 2.00. The quantitative estimate of drug-likeness (QED) is 0.686. The molecule has 0 aromatic heterocycles. The molecule has 2 aliphatic carbocycles. The minimum absolute atomic E-state index is 0.490. The predicted octanol–water partition coefficient (Wildman–Crippen LogP) is 1.90. The Hall–Kier alpha value is -0.120. The molecular weight excluding hydrogens is 222 g/mol. The lowest BCUT2D eigenvalue weighted by Crippen LogP contribution is -2.72. The Kier molecular flexibility index (Phi) is 3.10. The molecule has 4 fully saturated rings. The molecule has 0 radical (unpaired) electrons. The Morgan fingerprint density at radius 3 is 1.72 bits per heavy atom. The minimum Gasteiger partial charge on any atom is -0.286 e. The summed E-state index contributed by atoms with van der Waals surface area (Å²) in [5.74, 6) is 1.86. The highest BCUT2D eigenvalue weighted by Crippen LogP contribution is 2.34. The van der Waals surface area contributed by atoms with Crippen LogP contribution in [0.15, 0.2) is 0 Å². The number of rotatable bonds is 0. The molecule has 2 heterocycles. The van der Waals surface area contributed by atoms with Crippen molar-refractivity contribution in [2.75, 3.05) is 13.1 Å². The normalized spacial score (nSPS) is 49.0. The van der Waals surface area contributed by atoms with Crippen LogP contribution in [0.2, 0.25) is 0 Å². The molecule has 4 rings (SSSR count). The Morgan fingerprint density at radius 2 is 1.17 bits per heavy atom. The van der Waals surface area contributed by atoms with Gasteiger partial charge in [0.05, 0.1) is 0 Å². The second kappa shape index (κ2) is 4.77. The van der Waals surface area contributed by atoms with Crippen molar-refractivity contribution in [1.82, 2.24) is 15.5 Å². The fourth-order valence-electron chi connectivity index (χ4n) is 4.84. The fraction of sp³-hybridized carbons (Fsp3) is 1.00. The molecule has 4 unspecified atom stereocenters. The molecule has 3 nitrogen and oxygen atoms in total. The predicted molar refractivity (Wildman–Crippen MR) is 73.1 cm³/mol. The third-order valence-corrected chi connectivity index (χ3v) is 5.87. The van der Waals surface area contributed by atoms with Crippen LogP contribution in [0.4, 0.5) is 0 Å². The van der Waals surface area contributed by atoms with Gasteiger partial charge in [0.25, 0.3) is 0 Å². The molecule has 2 saturated carbocycles. The third-order valence-electron chi connectivity index (χ3n) is 5.87. The first kappa shape index (κ1) is 11.7. The molecule has 2 saturated heterocycles. The Bertz CT molecular complexity index is 248. The van der Waals surface area contributed by atoms with Crippen molar-refractivity contribution >= 4 is 0 Å². The van der Waals surface area contributed by atoms with Gasteiger partial charge < -0.3 is 0 Å². The first-order valence-electron chi connectivity index (χ1n) is 8.16. The van der Waals surface area contributed by atoms with Crippen molar-refractivity contribution in [3.05, 3.63) is 0 Å². The summed E-state index contributed by atoms with van der Waals surface area (Å²) < 4.78 is 0. The zero-order valence-corrected chi connectivity index (χ0v) is 11.4. The van der Waals surface area contributed by atoms with Crippen molar-refractivity contribution in [2.45, 2.75) is 69.7 Å². The van der Waals surface area contributed by atoms with Crippen molar-refractivity contribution in [3.63, 3.8) is 0 Å². The van der Waals surface area contributed by atoms with E-state index in [1.807, 2.05) is 0 Å². The Morgan fingerprint density at radius 1 is 0.667 bits per heavy atom. The smallest absolute Gasteiger partial charge is 0.114 e. The van der Waals surface area contributed by atoms with E-state index >= 15 is 0 Å². The van der Waals surface area contributed by atoms with E-state index in [1.165, 1.54) is 64.5 Å². The van der Waals surface area contributed by atoms with E-state index in [2.05, 4.69) is 15.5 Å². The van der Waals surface area contributed by atoms with Crippen LogP contribution in [0, 0.1) is 11.8 Å². The van der Waals surface area contributed by atoms with E-state index in [1.54, 1.807) is 0 Å². The topological polar surface area (TPSA) is 27.3 Å². The van der Waals surface area contributed by atoms with Gasteiger partial charge in [0.15, 0.2) is 0 Å². The molecule has 0 aromatic carbocycles. The van der Waals surface area contributed by atoms with Gasteiger partial charge in [-0.15, -0.1) is 0 Å². The Labute approximate surface area is 111 Å². The van der Waals surface area contributed by atoms with E-state index in [0.29, 0.717) is 6.29 Å². The van der Waals surface area contributed by atoms with Crippen LogP contribution >= 0.6 is 0 Å². The second-order valence-electron chi connectivity index (χ2n) is 6.99. The minimum atomic E-state index is 0.490. The summed E-state index contributed by atoms with van der Waals surface area (Å²) in [4.78, 5) is 2.71. The number of fused-ring (bicyclic) bond motifs is 3. The van der Waals surface area contributed by atoms with Gasteiger partial charge in [-0.3, -0.25) is 15.5 Å². The van der Waals surface area contributed by atoms with Crippen LogP contribution in [-0.4, -0.2) is 36.4 Å². The summed E-state index contributed by atoms with van der Waals surface area (Å²) in [5, 5.41) is 7.81. The zero-order valence-electron chi connectivity index (χ0n) is 11.4. The molecule has 18 heavy (non-hydrogen) atoms. The van der Waals surface area contributed by atoms with Crippen molar-refractivity contribution in [2.24, 2.45) is 11.8 Å². The number of nitrogens with one attached hydrogen (secondary N) is 2. The van der Waals surface area contributed by atoms with E-state index in [4.69, 9.17) is 0 Å². The monoisotopic (exact) mass is 249 g/mol. The van der Waals surface area contributed by atoms with Crippen LogP contribution in [0.3, 0.4) is 0 Å². The molecule has 4 atom stereocenters. The number of nitrogens with zero attached hydrogens (tertiary/aromatic N) is 1. The first-order chi connectivity index (χ1) is 8.90. The van der Waals surface area contributed by atoms with Gasteiger partial charge in [-0.1, -0.05) is 25.7 Å². The van der Waals surface area contributed by atoms with Gasteiger partial charge >= 0.3 is 0 Å². The molecular formula is C15H27N3. The highest BCUT2D eigenvalue weighted by atomic mass is 15.4. The summed E-state index contributed by atoms with van der Waals surface area (Å²) in [6, 6.07) is 1.60. The standard InChI is InChI=1S/C15H27N3/c1-3-7-13-11(5-1)9-18-10-12-6-2-4-8-14(12)17-15(18)16-13/h11-17H,1-10H2. The lowest BCUT2D eigenvalue weighted by atomic mass is 9.79. The average molecular weight is 249 g/mol. The second-order valence-corrected chi connectivity index (χ2v) is 6.99. The van der Waals surface area contributed by atoms with Gasteiger partial charge in [-0.05, 0) is 37.5 Å².